The van der Waals surface area contributed by atoms with Crippen molar-refractivity contribution in [3.8, 4) is 0 Å². The van der Waals surface area contributed by atoms with Crippen LogP contribution in [0, 0.1) is 13.8 Å². The van der Waals surface area contributed by atoms with Gasteiger partial charge < -0.3 is 9.73 Å². The number of hydrogen-bond donors (Lipinski definition) is 2. The smallest absolute Gasteiger partial charge is 0.240 e. The maximum atomic E-state index is 12.3. The number of nitrogens with one attached hydrogen (secondary N) is 2. The number of amides is 1. The molecule has 2 aromatic heterocycles. The molecule has 0 bridgehead atoms. The Balaban J connectivity index is 1.52. The van der Waals surface area contributed by atoms with Crippen LogP contribution in [0.3, 0.4) is 0 Å². The van der Waals surface area contributed by atoms with Crippen LogP contribution < -0.4 is 10.0 Å². The lowest BCUT2D eigenvalue weighted by Gasteiger charge is -2.08. The summed E-state index contributed by atoms with van der Waals surface area (Å²) < 4.78 is 32.2. The molecule has 0 radical (unpaired) electrons. The van der Waals surface area contributed by atoms with Crippen molar-refractivity contribution in [1.82, 2.24) is 4.72 Å². The van der Waals surface area contributed by atoms with Crippen LogP contribution in [0.25, 0.3) is 0 Å². The van der Waals surface area contributed by atoms with E-state index >= 15 is 0 Å². The fourth-order valence-corrected chi connectivity index (χ4v) is 4.81. The normalized spacial score (nSPS) is 11.4. The van der Waals surface area contributed by atoms with Crippen molar-refractivity contribution in [2.75, 3.05) is 5.32 Å². The second kappa shape index (κ2) is 9.38. The highest BCUT2D eigenvalue weighted by Gasteiger charge is 2.16. The molecule has 7 nitrogen and oxygen atoms in total. The predicted octanol–water partition coefficient (Wildman–Crippen LogP) is 4.04. The highest BCUT2D eigenvalue weighted by molar-refractivity contribution is 7.89. The highest BCUT2D eigenvalue weighted by atomic mass is 32.2. The van der Waals surface area contributed by atoms with Crippen LogP contribution in [-0.2, 0) is 21.4 Å². The summed E-state index contributed by atoms with van der Waals surface area (Å²) in [6.45, 7) is 3.88. The molecule has 0 saturated carbocycles. The fourth-order valence-electron chi connectivity index (χ4n) is 2.87. The average Bonchev–Trinajstić information content (AvgIpc) is 3.34. The van der Waals surface area contributed by atoms with E-state index in [1.54, 1.807) is 23.5 Å². The van der Waals surface area contributed by atoms with Gasteiger partial charge in [0.1, 0.15) is 5.76 Å². The van der Waals surface area contributed by atoms with E-state index < -0.39 is 10.0 Å². The van der Waals surface area contributed by atoms with Gasteiger partial charge in [-0.05, 0) is 56.3 Å². The Morgan fingerprint density at radius 1 is 1.07 bits per heavy atom. The van der Waals surface area contributed by atoms with Gasteiger partial charge in [-0.1, -0.05) is 0 Å². The molecule has 0 unspecified atom stereocenters. The topological polar surface area (TPSA) is 105 Å². The van der Waals surface area contributed by atoms with Crippen LogP contribution in [0.2, 0.25) is 0 Å². The van der Waals surface area contributed by atoms with E-state index in [0.717, 1.165) is 9.75 Å². The fraction of sp³-hybridized carbons (Fsp3) is 0.238. The number of ketones is 1. The average molecular weight is 447 g/mol. The summed E-state index contributed by atoms with van der Waals surface area (Å²) in [5, 5.41) is 2.68. The Morgan fingerprint density at radius 3 is 2.40 bits per heavy atom. The van der Waals surface area contributed by atoms with Crippen molar-refractivity contribution >= 4 is 38.7 Å². The van der Waals surface area contributed by atoms with Crippen molar-refractivity contribution < 1.29 is 22.4 Å². The third kappa shape index (κ3) is 5.65. The van der Waals surface area contributed by atoms with E-state index in [1.807, 2.05) is 19.9 Å². The molecule has 2 N–H and O–H groups in total. The molecule has 0 fully saturated rings. The number of benzene rings is 1. The van der Waals surface area contributed by atoms with Gasteiger partial charge in [-0.2, -0.15) is 0 Å². The number of aryl methyl sites for hydroxylation is 2. The minimum atomic E-state index is -3.70. The monoisotopic (exact) mass is 446 g/mol. The highest BCUT2D eigenvalue weighted by Crippen LogP contribution is 2.22. The summed E-state index contributed by atoms with van der Waals surface area (Å²) in [7, 11) is -3.70. The predicted molar refractivity (Wildman–Crippen MR) is 115 cm³/mol. The first-order chi connectivity index (χ1) is 14.2. The number of carbonyl (C=O) groups is 2. The Morgan fingerprint density at radius 2 is 1.80 bits per heavy atom. The number of furan rings is 1. The summed E-state index contributed by atoms with van der Waals surface area (Å²) in [4.78, 5) is 26.5. The van der Waals surface area contributed by atoms with Crippen molar-refractivity contribution in [3.05, 3.63) is 69.8 Å². The number of thiophene rings is 1. The minimum Gasteiger partial charge on any atom is -0.468 e. The Hall–Kier alpha value is -2.75. The van der Waals surface area contributed by atoms with Crippen LogP contribution >= 0.6 is 11.3 Å². The number of carbonyl (C=O) groups excluding carboxylic acids is 2. The number of anilines is 1. The van der Waals surface area contributed by atoms with Gasteiger partial charge in [-0.15, -0.1) is 11.3 Å². The van der Waals surface area contributed by atoms with Crippen LogP contribution in [0.15, 0.2) is 58.0 Å². The number of Topliss-reactive ketones (excluding diaryl/α,β-unsaturated/α-hetero) is 1. The van der Waals surface area contributed by atoms with Gasteiger partial charge in [-0.3, -0.25) is 9.59 Å². The Bertz CT molecular complexity index is 1130. The van der Waals surface area contributed by atoms with E-state index in [0.29, 0.717) is 17.0 Å². The Labute approximate surface area is 179 Å². The van der Waals surface area contributed by atoms with Gasteiger partial charge in [0.05, 0.1) is 17.7 Å². The van der Waals surface area contributed by atoms with Gasteiger partial charge in [-0.25, -0.2) is 13.1 Å². The van der Waals surface area contributed by atoms with E-state index in [2.05, 4.69) is 10.0 Å². The van der Waals surface area contributed by atoms with E-state index in [9.17, 15) is 18.0 Å². The number of hydrogen-bond acceptors (Lipinski definition) is 6. The molecule has 3 rings (SSSR count). The molecule has 0 spiro atoms. The van der Waals surface area contributed by atoms with Crippen molar-refractivity contribution in [2.45, 2.75) is 38.1 Å². The van der Waals surface area contributed by atoms with Crippen molar-refractivity contribution in [3.63, 3.8) is 0 Å². The summed E-state index contributed by atoms with van der Waals surface area (Å²) >= 11 is 1.56. The number of sulfonamides is 1. The third-order valence-electron chi connectivity index (χ3n) is 4.39. The van der Waals surface area contributed by atoms with Gasteiger partial charge >= 0.3 is 0 Å². The first-order valence-electron chi connectivity index (χ1n) is 9.27. The van der Waals surface area contributed by atoms with Crippen LogP contribution in [0.1, 0.15) is 38.7 Å². The largest absolute Gasteiger partial charge is 0.468 e. The lowest BCUT2D eigenvalue weighted by Crippen LogP contribution is -2.23. The molecule has 0 aliphatic carbocycles. The molecule has 158 valence electrons. The molecule has 3 aromatic rings. The summed E-state index contributed by atoms with van der Waals surface area (Å²) in [6, 6.07) is 11.0. The maximum absolute atomic E-state index is 12.3. The number of rotatable bonds is 9. The zero-order valence-corrected chi connectivity index (χ0v) is 18.2. The van der Waals surface area contributed by atoms with E-state index in [-0.39, 0.29) is 36.0 Å². The molecule has 1 amide bonds. The minimum absolute atomic E-state index is 0.0466. The van der Waals surface area contributed by atoms with Crippen molar-refractivity contribution in [1.29, 1.82) is 0 Å². The first-order valence-corrected chi connectivity index (χ1v) is 11.6. The summed E-state index contributed by atoms with van der Waals surface area (Å²) in [6.07, 6.45) is 1.64. The zero-order chi connectivity index (χ0) is 21.7. The molecule has 0 aliphatic rings. The van der Waals surface area contributed by atoms with E-state index in [1.165, 1.54) is 30.5 Å². The molecule has 1 aromatic carbocycles. The quantitative estimate of drug-likeness (QED) is 0.483. The van der Waals surface area contributed by atoms with Crippen LogP contribution in [0.5, 0.6) is 0 Å². The van der Waals surface area contributed by atoms with E-state index in [4.69, 9.17) is 4.42 Å². The van der Waals surface area contributed by atoms with Gasteiger partial charge in [0.25, 0.3) is 0 Å². The summed E-state index contributed by atoms with van der Waals surface area (Å²) in [5.74, 6) is 0.139. The zero-order valence-electron chi connectivity index (χ0n) is 16.6. The second-order valence-corrected chi connectivity index (χ2v) is 9.95. The third-order valence-corrected chi connectivity index (χ3v) is 6.77. The lowest BCUT2D eigenvalue weighted by molar-refractivity contribution is -0.116. The first kappa shape index (κ1) is 21.9. The standard InChI is InChI=1S/C21H22N2O5S2/c1-14-12-19(15(2)29-14)20(24)9-10-21(25)23-16-5-7-18(8-6-16)30(26,27)22-13-17-4-3-11-28-17/h3-8,11-12,22H,9-10,13H2,1-2H3,(H,23,25). The molecule has 30 heavy (non-hydrogen) atoms. The van der Waals surface area contributed by atoms with Crippen LogP contribution in [0.4, 0.5) is 5.69 Å². The molecule has 0 aliphatic heterocycles. The SMILES string of the molecule is Cc1cc(C(=O)CCC(=O)Nc2ccc(S(=O)(=O)NCc3ccco3)cc2)c(C)s1. The molecule has 9 heteroatoms. The molecule has 0 atom stereocenters. The van der Waals surface area contributed by atoms with Gasteiger partial charge in [0, 0.05) is 33.8 Å². The van der Waals surface area contributed by atoms with Gasteiger partial charge in [0.15, 0.2) is 5.78 Å². The second-order valence-electron chi connectivity index (χ2n) is 6.73. The summed E-state index contributed by atoms with van der Waals surface area (Å²) in [5.41, 5.74) is 1.13. The Kier molecular flexibility index (Phi) is 6.86. The van der Waals surface area contributed by atoms with Gasteiger partial charge in [0.2, 0.25) is 15.9 Å². The molecule has 2 heterocycles. The maximum Gasteiger partial charge on any atom is 0.240 e. The molecular weight excluding hydrogens is 424 g/mol. The lowest BCUT2D eigenvalue weighted by atomic mass is 10.1. The van der Waals surface area contributed by atoms with Crippen LogP contribution in [-0.4, -0.2) is 20.1 Å². The molecule has 0 saturated heterocycles. The van der Waals surface area contributed by atoms with Crippen molar-refractivity contribution in [2.24, 2.45) is 0 Å². The molecular formula is C21H22N2O5S2.